The molecule has 0 unspecified atom stereocenters. The first-order chi connectivity index (χ1) is 9.11. The quantitative estimate of drug-likeness (QED) is 0.911. The second-order valence-electron chi connectivity index (χ2n) is 4.93. The van der Waals surface area contributed by atoms with Gasteiger partial charge in [0.1, 0.15) is 5.82 Å². The Labute approximate surface area is 117 Å². The minimum atomic E-state index is -0.634. The van der Waals surface area contributed by atoms with Gasteiger partial charge in [0.25, 0.3) is 0 Å². The molecule has 1 fully saturated rings. The van der Waals surface area contributed by atoms with E-state index >= 15 is 0 Å². The Hall–Kier alpha value is -0.870. The minimum Gasteiger partial charge on any atom is -0.368 e. The number of hydrogen-bond donors (Lipinski definition) is 1. The Bertz CT molecular complexity index is 408. The molecule has 1 saturated heterocycles. The van der Waals surface area contributed by atoms with E-state index in [1.807, 2.05) is 4.90 Å². The van der Waals surface area contributed by atoms with Gasteiger partial charge in [-0.2, -0.15) is 0 Å². The van der Waals surface area contributed by atoms with Crippen LogP contribution in [0.3, 0.4) is 0 Å². The number of rotatable bonds is 4. The normalized spacial score (nSPS) is 16.9. The lowest BCUT2D eigenvalue weighted by molar-refractivity contribution is 0.413. The molecule has 1 N–H and O–H groups in total. The highest BCUT2D eigenvalue weighted by Gasteiger charge is 2.23. The zero-order chi connectivity index (χ0) is 13.8. The topological polar surface area (TPSA) is 15.3 Å². The number of benzene rings is 1. The molecule has 0 aromatic heterocycles. The van der Waals surface area contributed by atoms with Gasteiger partial charge in [0.2, 0.25) is 0 Å². The van der Waals surface area contributed by atoms with Crippen molar-refractivity contribution in [2.45, 2.75) is 32.2 Å². The van der Waals surface area contributed by atoms with Crippen LogP contribution in [0.5, 0.6) is 0 Å². The lowest BCUT2D eigenvalue weighted by Crippen LogP contribution is -2.43. The van der Waals surface area contributed by atoms with Crippen LogP contribution in [0, 0.1) is 11.6 Å². The van der Waals surface area contributed by atoms with E-state index in [2.05, 4.69) is 12.2 Å². The lowest BCUT2D eigenvalue weighted by atomic mass is 10.0. The molecule has 0 amide bonds. The van der Waals surface area contributed by atoms with E-state index in [1.54, 1.807) is 0 Å². The second-order valence-corrected chi connectivity index (χ2v) is 5.34. The Kier molecular flexibility index (Phi) is 4.99. The van der Waals surface area contributed by atoms with Gasteiger partial charge >= 0.3 is 0 Å². The van der Waals surface area contributed by atoms with Crippen LogP contribution in [0.15, 0.2) is 12.1 Å². The number of hydrogen-bond acceptors (Lipinski definition) is 2. The van der Waals surface area contributed by atoms with Gasteiger partial charge in [-0.1, -0.05) is 18.5 Å². The van der Waals surface area contributed by atoms with Crippen molar-refractivity contribution in [2.24, 2.45) is 0 Å². The predicted octanol–water partition coefficient (Wildman–Crippen LogP) is 3.59. The van der Waals surface area contributed by atoms with Gasteiger partial charge in [-0.15, -0.1) is 0 Å². The SMILES string of the molecule is CCCNC1CCN(c2c(F)cc(F)cc2Cl)CC1. The van der Waals surface area contributed by atoms with Crippen molar-refractivity contribution in [1.82, 2.24) is 5.32 Å². The fourth-order valence-corrected chi connectivity index (χ4v) is 2.81. The third-order valence-electron chi connectivity index (χ3n) is 3.48. The van der Waals surface area contributed by atoms with Crippen LogP contribution in [-0.2, 0) is 0 Å². The monoisotopic (exact) mass is 288 g/mol. The average molecular weight is 289 g/mol. The fourth-order valence-electron chi connectivity index (χ4n) is 2.49. The number of anilines is 1. The molecule has 2 nitrogen and oxygen atoms in total. The largest absolute Gasteiger partial charge is 0.368 e. The highest BCUT2D eigenvalue weighted by atomic mass is 35.5. The zero-order valence-corrected chi connectivity index (χ0v) is 11.8. The van der Waals surface area contributed by atoms with Gasteiger partial charge in [-0.25, -0.2) is 8.78 Å². The Morgan fingerprint density at radius 3 is 2.58 bits per heavy atom. The van der Waals surface area contributed by atoms with Crippen molar-refractivity contribution < 1.29 is 8.78 Å². The molecule has 5 heteroatoms. The summed E-state index contributed by atoms with van der Waals surface area (Å²) < 4.78 is 26.8. The molecule has 19 heavy (non-hydrogen) atoms. The maximum atomic E-state index is 13.8. The Morgan fingerprint density at radius 1 is 1.32 bits per heavy atom. The molecule has 0 aliphatic carbocycles. The van der Waals surface area contributed by atoms with Crippen LogP contribution < -0.4 is 10.2 Å². The average Bonchev–Trinajstić information content (AvgIpc) is 2.36. The molecule has 1 heterocycles. The predicted molar refractivity (Wildman–Crippen MR) is 74.9 cm³/mol. The summed E-state index contributed by atoms with van der Waals surface area (Å²) in [5.74, 6) is -1.21. The van der Waals surface area contributed by atoms with Gasteiger partial charge in [-0.3, -0.25) is 0 Å². The van der Waals surface area contributed by atoms with Crippen molar-refractivity contribution in [1.29, 1.82) is 0 Å². The minimum absolute atomic E-state index is 0.150. The summed E-state index contributed by atoms with van der Waals surface area (Å²) >= 11 is 5.95. The fraction of sp³-hybridized carbons (Fsp3) is 0.571. The van der Waals surface area contributed by atoms with Crippen LogP contribution in [0.4, 0.5) is 14.5 Å². The molecule has 106 valence electrons. The standard InChI is InChI=1S/C14H19ClF2N2/c1-2-5-18-11-3-6-19(7-4-11)14-12(15)8-10(16)9-13(14)17/h8-9,11,18H,2-7H2,1H3. The first-order valence-electron chi connectivity index (χ1n) is 6.74. The van der Waals surface area contributed by atoms with Crippen LogP contribution >= 0.6 is 11.6 Å². The van der Waals surface area contributed by atoms with Gasteiger partial charge in [0.15, 0.2) is 5.82 Å². The summed E-state index contributed by atoms with van der Waals surface area (Å²) in [4.78, 5) is 1.90. The molecule has 0 spiro atoms. The van der Waals surface area contributed by atoms with Crippen molar-refractivity contribution in [2.75, 3.05) is 24.5 Å². The molecular weight excluding hydrogens is 270 g/mol. The van der Waals surface area contributed by atoms with Gasteiger partial charge in [0, 0.05) is 25.2 Å². The highest BCUT2D eigenvalue weighted by Crippen LogP contribution is 2.31. The van der Waals surface area contributed by atoms with E-state index < -0.39 is 11.6 Å². The summed E-state index contributed by atoms with van der Waals surface area (Å²) in [7, 11) is 0. The van der Waals surface area contributed by atoms with E-state index in [1.165, 1.54) is 6.07 Å². The number of piperidine rings is 1. The summed E-state index contributed by atoms with van der Waals surface area (Å²) in [6.07, 6.45) is 3.01. The summed E-state index contributed by atoms with van der Waals surface area (Å²) in [5.41, 5.74) is 0.331. The van der Waals surface area contributed by atoms with Crippen molar-refractivity contribution in [3.05, 3.63) is 28.8 Å². The molecule has 1 aromatic rings. The summed E-state index contributed by atoms with van der Waals surface area (Å²) in [5, 5.41) is 3.62. The molecule has 2 rings (SSSR count). The van der Waals surface area contributed by atoms with Crippen molar-refractivity contribution in [3.63, 3.8) is 0 Å². The van der Waals surface area contributed by atoms with Crippen LogP contribution in [0.2, 0.25) is 5.02 Å². The molecule has 1 aliphatic rings. The van der Waals surface area contributed by atoms with E-state index in [9.17, 15) is 8.78 Å². The maximum absolute atomic E-state index is 13.8. The maximum Gasteiger partial charge on any atom is 0.150 e. The summed E-state index contributed by atoms with van der Waals surface area (Å²) in [6.45, 7) is 4.62. The summed E-state index contributed by atoms with van der Waals surface area (Å²) in [6, 6.07) is 2.54. The molecular formula is C14H19ClF2N2. The molecule has 0 bridgehead atoms. The third-order valence-corrected chi connectivity index (χ3v) is 3.76. The van der Waals surface area contributed by atoms with Gasteiger partial charge in [-0.05, 0) is 31.9 Å². The molecule has 0 atom stereocenters. The first kappa shape index (κ1) is 14.5. The molecule has 1 aromatic carbocycles. The second kappa shape index (κ2) is 6.53. The first-order valence-corrected chi connectivity index (χ1v) is 7.12. The van der Waals surface area contributed by atoms with Crippen LogP contribution in [0.1, 0.15) is 26.2 Å². The van der Waals surface area contributed by atoms with E-state index in [0.717, 1.165) is 45.0 Å². The number of halogens is 3. The van der Waals surface area contributed by atoms with Crippen molar-refractivity contribution in [3.8, 4) is 0 Å². The third kappa shape index (κ3) is 3.57. The number of nitrogens with zero attached hydrogens (tertiary/aromatic N) is 1. The van der Waals surface area contributed by atoms with E-state index in [4.69, 9.17) is 11.6 Å². The Morgan fingerprint density at radius 2 is 2.00 bits per heavy atom. The Balaban J connectivity index is 2.02. The van der Waals surface area contributed by atoms with Crippen molar-refractivity contribution >= 4 is 17.3 Å². The molecule has 1 aliphatic heterocycles. The lowest BCUT2D eigenvalue weighted by Gasteiger charge is -2.34. The molecule has 0 radical (unpaired) electrons. The van der Waals surface area contributed by atoms with Crippen LogP contribution in [0.25, 0.3) is 0 Å². The smallest absolute Gasteiger partial charge is 0.150 e. The highest BCUT2D eigenvalue weighted by molar-refractivity contribution is 6.33. The molecule has 0 saturated carbocycles. The van der Waals surface area contributed by atoms with E-state index in [0.29, 0.717) is 11.7 Å². The van der Waals surface area contributed by atoms with E-state index in [-0.39, 0.29) is 5.02 Å². The van der Waals surface area contributed by atoms with Crippen LogP contribution in [-0.4, -0.2) is 25.7 Å². The van der Waals surface area contributed by atoms with Gasteiger partial charge < -0.3 is 10.2 Å². The number of nitrogens with one attached hydrogen (secondary N) is 1. The van der Waals surface area contributed by atoms with Gasteiger partial charge in [0.05, 0.1) is 10.7 Å². The zero-order valence-electron chi connectivity index (χ0n) is 11.1.